The molecule has 9 nitrogen and oxygen atoms in total. The number of benzene rings is 3. The number of ether oxygens (including phenoxy) is 2. The summed E-state index contributed by atoms with van der Waals surface area (Å²) in [5, 5.41) is 7.60. The van der Waals surface area contributed by atoms with Crippen molar-refractivity contribution in [2.24, 2.45) is 0 Å². The van der Waals surface area contributed by atoms with E-state index in [-0.39, 0.29) is 11.6 Å². The number of aromatic nitrogens is 2. The Labute approximate surface area is 187 Å². The van der Waals surface area contributed by atoms with Crippen LogP contribution in [0.1, 0.15) is 5.56 Å². The molecule has 0 radical (unpaired) electrons. The van der Waals surface area contributed by atoms with Gasteiger partial charge in [-0.3, -0.25) is 5.32 Å². The molecule has 0 atom stereocenters. The number of aromatic amines is 1. The molecule has 0 fully saturated rings. The van der Waals surface area contributed by atoms with Crippen LogP contribution in [0.3, 0.4) is 0 Å². The Morgan fingerprint density at radius 2 is 1.70 bits per heavy atom. The summed E-state index contributed by atoms with van der Waals surface area (Å²) in [5.74, 6) is 0.815. The summed E-state index contributed by atoms with van der Waals surface area (Å²) in [6.07, 6.45) is -0.628. The minimum Gasteiger partial charge on any atom is -0.457 e. The largest absolute Gasteiger partial charge is 0.457 e. The van der Waals surface area contributed by atoms with Crippen LogP contribution in [0.5, 0.6) is 11.5 Å². The van der Waals surface area contributed by atoms with Gasteiger partial charge in [-0.05, 0) is 61.0 Å². The van der Waals surface area contributed by atoms with E-state index in [9.17, 15) is 14.0 Å². The molecule has 0 saturated heterocycles. The lowest BCUT2D eigenvalue weighted by molar-refractivity contribution is 0.186. The first-order valence-electron chi connectivity index (χ1n) is 9.86. The molecule has 33 heavy (non-hydrogen) atoms. The molecule has 0 spiro atoms. The molecule has 3 aromatic carbocycles. The molecule has 4 N–H and O–H groups in total. The van der Waals surface area contributed by atoms with Crippen LogP contribution in [0.2, 0.25) is 0 Å². The van der Waals surface area contributed by atoms with Crippen LogP contribution in [0.25, 0.3) is 11.0 Å². The number of halogens is 1. The maximum absolute atomic E-state index is 13.8. The fraction of sp³-hybridized carbons (Fsp3) is 0.0870. The fourth-order valence-electron chi connectivity index (χ4n) is 3.02. The molecular weight excluding hydrogens is 429 g/mol. The van der Waals surface area contributed by atoms with Crippen molar-refractivity contribution in [1.29, 1.82) is 0 Å². The second kappa shape index (κ2) is 9.27. The topological polar surface area (TPSA) is 117 Å². The van der Waals surface area contributed by atoms with Gasteiger partial charge in [0.2, 0.25) is 5.95 Å². The zero-order valence-electron chi connectivity index (χ0n) is 17.7. The zero-order valence-corrected chi connectivity index (χ0v) is 17.7. The Morgan fingerprint density at radius 1 is 0.939 bits per heavy atom. The molecule has 1 heterocycles. The van der Waals surface area contributed by atoms with Gasteiger partial charge >= 0.3 is 12.1 Å². The van der Waals surface area contributed by atoms with Gasteiger partial charge in [-0.15, -0.1) is 0 Å². The van der Waals surface area contributed by atoms with Gasteiger partial charge in [-0.1, -0.05) is 6.07 Å². The number of hydrogen-bond donors (Lipinski definition) is 4. The molecule has 3 amide bonds. The van der Waals surface area contributed by atoms with Crippen molar-refractivity contribution >= 4 is 40.5 Å². The van der Waals surface area contributed by atoms with Crippen LogP contribution < -0.4 is 20.7 Å². The first-order chi connectivity index (χ1) is 15.9. The van der Waals surface area contributed by atoms with Crippen molar-refractivity contribution < 1.29 is 23.5 Å². The SMILES string of the molecule is COC(=O)Nc1nc2cc(Oc3ccc(NC(=O)Nc4cc(C)ccc4F)cc3)ccc2[nH]1. The number of urea groups is 1. The average Bonchev–Trinajstić information content (AvgIpc) is 3.19. The molecule has 0 aliphatic heterocycles. The first-order valence-corrected chi connectivity index (χ1v) is 9.86. The van der Waals surface area contributed by atoms with Gasteiger partial charge in [0.05, 0.1) is 23.8 Å². The predicted molar refractivity (Wildman–Crippen MR) is 122 cm³/mol. The van der Waals surface area contributed by atoms with Crippen LogP contribution in [-0.4, -0.2) is 29.2 Å². The molecule has 0 aliphatic carbocycles. The van der Waals surface area contributed by atoms with E-state index in [2.05, 4.69) is 30.7 Å². The molecule has 0 unspecified atom stereocenters. The highest BCUT2D eigenvalue weighted by molar-refractivity contribution is 5.99. The number of amides is 3. The summed E-state index contributed by atoms with van der Waals surface area (Å²) in [6.45, 7) is 1.81. The lowest BCUT2D eigenvalue weighted by Crippen LogP contribution is -2.20. The van der Waals surface area contributed by atoms with Crippen molar-refractivity contribution in [2.75, 3.05) is 23.1 Å². The smallest absolute Gasteiger partial charge is 0.413 e. The Morgan fingerprint density at radius 3 is 2.45 bits per heavy atom. The lowest BCUT2D eigenvalue weighted by Gasteiger charge is -2.10. The summed E-state index contributed by atoms with van der Waals surface area (Å²) in [4.78, 5) is 30.7. The molecule has 0 saturated carbocycles. The number of nitrogens with zero attached hydrogens (tertiary/aromatic N) is 1. The summed E-state index contributed by atoms with van der Waals surface area (Å²) in [7, 11) is 1.26. The average molecular weight is 449 g/mol. The van der Waals surface area contributed by atoms with Gasteiger partial charge in [0, 0.05) is 11.8 Å². The molecule has 10 heteroatoms. The molecule has 168 valence electrons. The predicted octanol–water partition coefficient (Wildman–Crippen LogP) is 5.63. The van der Waals surface area contributed by atoms with Crippen molar-refractivity contribution in [3.05, 3.63) is 72.0 Å². The van der Waals surface area contributed by atoms with E-state index in [4.69, 9.17) is 4.74 Å². The number of fused-ring (bicyclic) bond motifs is 1. The number of hydrogen-bond acceptors (Lipinski definition) is 5. The third kappa shape index (κ3) is 5.37. The second-order valence-electron chi connectivity index (χ2n) is 7.07. The summed E-state index contributed by atoms with van der Waals surface area (Å²) in [6, 6.07) is 15.8. The second-order valence-corrected chi connectivity index (χ2v) is 7.07. The Kier molecular flexibility index (Phi) is 6.07. The van der Waals surface area contributed by atoms with Crippen LogP contribution >= 0.6 is 0 Å². The van der Waals surface area contributed by atoms with Crippen LogP contribution in [0.15, 0.2) is 60.7 Å². The van der Waals surface area contributed by atoms with E-state index in [1.807, 2.05) is 6.92 Å². The molecule has 0 aliphatic rings. The number of carbonyl (C=O) groups is 2. The number of aryl methyl sites for hydroxylation is 1. The quantitative estimate of drug-likeness (QED) is 0.315. The fourth-order valence-corrected chi connectivity index (χ4v) is 3.02. The number of carbonyl (C=O) groups excluding carboxylic acids is 2. The van der Waals surface area contributed by atoms with Gasteiger partial charge in [-0.25, -0.2) is 19.0 Å². The molecular formula is C23H20FN5O4. The van der Waals surface area contributed by atoms with E-state index in [1.165, 1.54) is 13.2 Å². The third-order valence-corrected chi connectivity index (χ3v) is 4.58. The standard InChI is InChI=1S/C23H20FN5O4/c1-13-3-9-17(24)19(11-13)28-22(30)25-14-4-6-15(7-5-14)33-16-8-10-18-20(12-16)27-21(26-18)29-23(31)32-2/h3-12H,1-2H3,(H2,25,28,30)(H2,26,27,29,31). The number of H-pyrrole nitrogens is 1. The van der Waals surface area contributed by atoms with Crippen molar-refractivity contribution in [3.8, 4) is 11.5 Å². The molecule has 4 rings (SSSR count). The van der Waals surface area contributed by atoms with E-state index in [1.54, 1.807) is 54.6 Å². The van der Waals surface area contributed by atoms with E-state index in [0.717, 1.165) is 5.56 Å². The minimum atomic E-state index is -0.628. The summed E-state index contributed by atoms with van der Waals surface area (Å²) in [5.41, 5.74) is 2.75. The number of rotatable bonds is 5. The number of methoxy groups -OCH3 is 1. The monoisotopic (exact) mass is 449 g/mol. The Hall–Kier alpha value is -4.60. The highest BCUT2D eigenvalue weighted by atomic mass is 19.1. The highest BCUT2D eigenvalue weighted by Crippen LogP contribution is 2.26. The number of anilines is 3. The lowest BCUT2D eigenvalue weighted by atomic mass is 10.2. The first kappa shape index (κ1) is 21.6. The van der Waals surface area contributed by atoms with Crippen molar-refractivity contribution in [1.82, 2.24) is 9.97 Å². The summed E-state index contributed by atoms with van der Waals surface area (Å²) >= 11 is 0. The van der Waals surface area contributed by atoms with E-state index in [0.29, 0.717) is 28.2 Å². The maximum Gasteiger partial charge on any atom is 0.413 e. The van der Waals surface area contributed by atoms with Gasteiger partial charge in [-0.2, -0.15) is 0 Å². The van der Waals surface area contributed by atoms with Gasteiger partial charge < -0.3 is 25.1 Å². The maximum atomic E-state index is 13.8. The highest BCUT2D eigenvalue weighted by Gasteiger charge is 2.10. The van der Waals surface area contributed by atoms with E-state index < -0.39 is 17.9 Å². The van der Waals surface area contributed by atoms with Crippen LogP contribution in [0.4, 0.5) is 31.3 Å². The van der Waals surface area contributed by atoms with Gasteiger partial charge in [0.1, 0.15) is 17.3 Å². The summed E-state index contributed by atoms with van der Waals surface area (Å²) < 4.78 is 24.2. The van der Waals surface area contributed by atoms with E-state index >= 15 is 0 Å². The Balaban J connectivity index is 1.38. The number of nitrogens with one attached hydrogen (secondary N) is 4. The molecule has 4 aromatic rings. The van der Waals surface area contributed by atoms with Crippen LogP contribution in [0, 0.1) is 12.7 Å². The van der Waals surface area contributed by atoms with Gasteiger partial charge in [0.25, 0.3) is 0 Å². The minimum absolute atomic E-state index is 0.103. The Bertz CT molecular complexity index is 1320. The van der Waals surface area contributed by atoms with Gasteiger partial charge in [0.15, 0.2) is 0 Å². The van der Waals surface area contributed by atoms with Crippen molar-refractivity contribution in [3.63, 3.8) is 0 Å². The zero-order chi connectivity index (χ0) is 23.4. The normalized spacial score (nSPS) is 10.5. The molecule has 0 bridgehead atoms. The number of imidazole rings is 1. The third-order valence-electron chi connectivity index (χ3n) is 4.58. The molecule has 1 aromatic heterocycles. The van der Waals surface area contributed by atoms with Crippen LogP contribution in [-0.2, 0) is 4.74 Å². The van der Waals surface area contributed by atoms with Crippen molar-refractivity contribution in [2.45, 2.75) is 6.92 Å².